The van der Waals surface area contributed by atoms with Crippen LogP contribution in [0.5, 0.6) is 0 Å². The molecule has 0 unspecified atom stereocenters. The number of urea groups is 1. The Hall–Kier alpha value is -2.65. The number of thioether (sulfide) groups is 1. The number of rotatable bonds is 6. The van der Waals surface area contributed by atoms with E-state index in [0.717, 1.165) is 11.3 Å². The Balaban J connectivity index is 1.45. The van der Waals surface area contributed by atoms with Gasteiger partial charge in [-0.15, -0.1) is 0 Å². The highest BCUT2D eigenvalue weighted by Gasteiger charge is 2.39. The number of anilines is 2. The normalized spacial score (nSPS) is 19.4. The molecule has 7 nitrogen and oxygen atoms in total. The lowest BCUT2D eigenvalue weighted by Gasteiger charge is -2.37. The summed E-state index contributed by atoms with van der Waals surface area (Å²) in [6, 6.07) is 17.3. The second-order valence-corrected chi connectivity index (χ2v) is 10.0. The Kier molecular flexibility index (Phi) is 6.48. The van der Waals surface area contributed by atoms with Gasteiger partial charge in [-0.05, 0) is 31.5 Å². The van der Waals surface area contributed by atoms with Gasteiger partial charge >= 0.3 is 6.03 Å². The van der Waals surface area contributed by atoms with Crippen molar-refractivity contribution in [1.29, 1.82) is 0 Å². The molecule has 1 aromatic heterocycles. The average molecular weight is 497 g/mol. The number of para-hydroxylation sites is 1. The van der Waals surface area contributed by atoms with E-state index in [0.29, 0.717) is 41.4 Å². The highest BCUT2D eigenvalue weighted by atomic mass is 35.5. The van der Waals surface area contributed by atoms with Crippen molar-refractivity contribution in [1.82, 2.24) is 9.97 Å². The molecule has 1 fully saturated rings. The van der Waals surface area contributed by atoms with Crippen LogP contribution in [0, 0.1) is 0 Å². The van der Waals surface area contributed by atoms with Crippen molar-refractivity contribution in [2.45, 2.75) is 43.2 Å². The fourth-order valence-electron chi connectivity index (χ4n) is 4.07. The van der Waals surface area contributed by atoms with Gasteiger partial charge in [-0.25, -0.2) is 14.8 Å². The minimum Gasteiger partial charge on any atom is -0.348 e. The third-order valence-electron chi connectivity index (χ3n) is 5.67. The summed E-state index contributed by atoms with van der Waals surface area (Å²) in [4.78, 5) is 26.4. The van der Waals surface area contributed by atoms with E-state index in [1.54, 1.807) is 33.8 Å². The Morgan fingerprint density at radius 1 is 1.15 bits per heavy atom. The lowest BCUT2D eigenvalue weighted by Crippen LogP contribution is -2.51. The number of carbonyl (C=O) groups excluding carboxylic acids is 1. The highest BCUT2D eigenvalue weighted by Crippen LogP contribution is 2.36. The van der Waals surface area contributed by atoms with Crippen LogP contribution in [-0.2, 0) is 21.8 Å². The van der Waals surface area contributed by atoms with Gasteiger partial charge in [-0.3, -0.25) is 9.80 Å². The molecule has 0 spiro atoms. The maximum atomic E-state index is 13.7. The van der Waals surface area contributed by atoms with Crippen LogP contribution in [0.2, 0.25) is 5.02 Å². The van der Waals surface area contributed by atoms with Gasteiger partial charge in [0.2, 0.25) is 0 Å². The summed E-state index contributed by atoms with van der Waals surface area (Å²) >= 11 is 7.98. The molecule has 2 amide bonds. The van der Waals surface area contributed by atoms with Crippen LogP contribution in [0.15, 0.2) is 66.0 Å². The van der Waals surface area contributed by atoms with Crippen molar-refractivity contribution < 1.29 is 14.3 Å². The molecule has 1 saturated heterocycles. The Labute approximate surface area is 208 Å². The summed E-state index contributed by atoms with van der Waals surface area (Å²) in [6.45, 7) is 4.80. The van der Waals surface area contributed by atoms with Gasteiger partial charge in [-0.1, -0.05) is 65.8 Å². The first-order chi connectivity index (χ1) is 16.4. The number of halogens is 1. The van der Waals surface area contributed by atoms with E-state index in [2.05, 4.69) is 17.1 Å². The second-order valence-electron chi connectivity index (χ2n) is 8.66. The molecule has 2 aromatic carbocycles. The van der Waals surface area contributed by atoms with Crippen LogP contribution < -0.4 is 9.80 Å². The number of fused-ring (bicyclic) bond motifs is 1. The molecule has 176 valence electrons. The molecule has 3 heterocycles. The van der Waals surface area contributed by atoms with Crippen LogP contribution in [0.1, 0.15) is 25.0 Å². The zero-order valence-electron chi connectivity index (χ0n) is 19.0. The number of amides is 2. The molecular weight excluding hydrogens is 472 g/mol. The predicted octanol–water partition coefficient (Wildman–Crippen LogP) is 5.52. The minimum atomic E-state index is -0.683. The van der Waals surface area contributed by atoms with Crippen LogP contribution in [0.25, 0.3) is 0 Å². The maximum absolute atomic E-state index is 13.7. The van der Waals surface area contributed by atoms with Gasteiger partial charge in [0.25, 0.3) is 0 Å². The zero-order chi connectivity index (χ0) is 23.7. The van der Waals surface area contributed by atoms with Gasteiger partial charge < -0.3 is 9.47 Å². The van der Waals surface area contributed by atoms with Gasteiger partial charge in [-0.2, -0.15) is 0 Å². The average Bonchev–Trinajstić information content (AvgIpc) is 3.18. The lowest BCUT2D eigenvalue weighted by molar-refractivity contribution is -0.137. The van der Waals surface area contributed by atoms with Gasteiger partial charge in [0.05, 0.1) is 30.4 Å². The van der Waals surface area contributed by atoms with Crippen molar-refractivity contribution >= 4 is 40.9 Å². The largest absolute Gasteiger partial charge is 0.348 e. The Morgan fingerprint density at radius 3 is 2.65 bits per heavy atom. The van der Waals surface area contributed by atoms with Crippen molar-refractivity contribution in [3.05, 3.63) is 76.9 Å². The molecule has 34 heavy (non-hydrogen) atoms. The molecule has 1 atom stereocenters. The maximum Gasteiger partial charge on any atom is 0.330 e. The lowest BCUT2D eigenvalue weighted by atomic mass is 10.1. The summed E-state index contributed by atoms with van der Waals surface area (Å²) in [6.07, 6.45) is 1.53. The fourth-order valence-corrected chi connectivity index (χ4v) is 5.08. The van der Waals surface area contributed by atoms with E-state index < -0.39 is 5.79 Å². The fraction of sp³-hybridized carbons (Fsp3) is 0.320. The number of hydrogen-bond donors (Lipinski definition) is 0. The number of nitrogens with zero attached hydrogens (tertiary/aromatic N) is 4. The van der Waals surface area contributed by atoms with Crippen molar-refractivity contribution in [3.8, 4) is 0 Å². The van der Waals surface area contributed by atoms with E-state index >= 15 is 0 Å². The predicted molar refractivity (Wildman–Crippen MR) is 133 cm³/mol. The van der Waals surface area contributed by atoms with Crippen LogP contribution >= 0.6 is 23.4 Å². The standard InChI is InChI=1S/C25H25ClN4O3S/c1-25(2)32-15-19(33-25)14-30-22-18(13-29(24(30)31)21-11-7-6-10-20(21)26)12-27-23(28-22)34-16-17-8-4-3-5-9-17/h3-12,19H,13-16H2,1-2H3/t19-/m0/s1. The quantitative estimate of drug-likeness (QED) is 0.330. The number of hydrogen-bond acceptors (Lipinski definition) is 6. The molecular formula is C25H25ClN4O3S. The zero-order valence-corrected chi connectivity index (χ0v) is 20.6. The van der Waals surface area contributed by atoms with E-state index in [4.69, 9.17) is 26.1 Å². The second kappa shape index (κ2) is 9.54. The van der Waals surface area contributed by atoms with E-state index in [9.17, 15) is 4.79 Å². The van der Waals surface area contributed by atoms with Gasteiger partial charge in [0.15, 0.2) is 10.9 Å². The monoisotopic (exact) mass is 496 g/mol. The van der Waals surface area contributed by atoms with Crippen molar-refractivity contribution in [2.75, 3.05) is 23.0 Å². The smallest absolute Gasteiger partial charge is 0.330 e. The Morgan fingerprint density at radius 2 is 1.91 bits per heavy atom. The number of ether oxygens (including phenoxy) is 2. The van der Waals surface area contributed by atoms with Gasteiger partial charge in [0.1, 0.15) is 11.9 Å². The van der Waals surface area contributed by atoms with Gasteiger partial charge in [0, 0.05) is 17.5 Å². The van der Waals surface area contributed by atoms with Crippen LogP contribution in [0.3, 0.4) is 0 Å². The number of aromatic nitrogens is 2. The van der Waals surface area contributed by atoms with E-state index in [-0.39, 0.29) is 12.1 Å². The SMILES string of the molecule is CC1(C)OC[C@H](CN2C(=O)N(c3ccccc3Cl)Cc3cnc(SCc4ccccc4)nc32)O1. The molecule has 0 aliphatic carbocycles. The van der Waals surface area contributed by atoms with Crippen LogP contribution in [-0.4, -0.2) is 41.0 Å². The molecule has 3 aromatic rings. The number of carbonyl (C=O) groups is 1. The first-order valence-corrected chi connectivity index (χ1v) is 12.4. The molecule has 2 aliphatic heterocycles. The molecule has 0 saturated carbocycles. The highest BCUT2D eigenvalue weighted by molar-refractivity contribution is 7.98. The molecule has 0 radical (unpaired) electrons. The summed E-state index contributed by atoms with van der Waals surface area (Å²) in [7, 11) is 0. The summed E-state index contributed by atoms with van der Waals surface area (Å²) < 4.78 is 11.7. The van der Waals surface area contributed by atoms with Crippen LogP contribution in [0.4, 0.5) is 16.3 Å². The molecule has 5 rings (SSSR count). The molecule has 2 aliphatic rings. The van der Waals surface area contributed by atoms with E-state index in [1.165, 1.54) is 5.56 Å². The third kappa shape index (κ3) is 4.90. The summed E-state index contributed by atoms with van der Waals surface area (Å²) in [5.41, 5.74) is 2.68. The molecule has 9 heteroatoms. The first kappa shape index (κ1) is 23.1. The summed E-state index contributed by atoms with van der Waals surface area (Å²) in [5.74, 6) is 0.664. The molecule has 0 N–H and O–H groups in total. The van der Waals surface area contributed by atoms with Crippen molar-refractivity contribution in [2.24, 2.45) is 0 Å². The van der Waals surface area contributed by atoms with E-state index in [1.807, 2.05) is 50.2 Å². The van der Waals surface area contributed by atoms with Crippen molar-refractivity contribution in [3.63, 3.8) is 0 Å². The topological polar surface area (TPSA) is 67.8 Å². The Bertz CT molecular complexity index is 1190. The number of benzene rings is 2. The minimum absolute atomic E-state index is 0.202. The first-order valence-electron chi connectivity index (χ1n) is 11.1. The third-order valence-corrected chi connectivity index (χ3v) is 6.93. The summed E-state index contributed by atoms with van der Waals surface area (Å²) in [5, 5.41) is 1.13. The molecule has 0 bridgehead atoms.